The summed E-state index contributed by atoms with van der Waals surface area (Å²) in [6, 6.07) is 60.8. The lowest BCUT2D eigenvalue weighted by atomic mass is 9.92. The zero-order valence-corrected chi connectivity index (χ0v) is 28.8. The van der Waals surface area contributed by atoms with Crippen LogP contribution in [-0.2, 0) is 6.42 Å². The van der Waals surface area contributed by atoms with E-state index in [-0.39, 0.29) is 0 Å². The highest BCUT2D eigenvalue weighted by molar-refractivity contribution is 6.16. The van der Waals surface area contributed by atoms with Crippen LogP contribution in [0.4, 0.5) is 34.1 Å². The average molecular weight is 686 g/mol. The summed E-state index contributed by atoms with van der Waals surface area (Å²) in [5.74, 6) is 1.54. The van der Waals surface area contributed by atoms with Crippen LogP contribution in [0.5, 0.6) is 0 Å². The van der Waals surface area contributed by atoms with Gasteiger partial charge >= 0.3 is 0 Å². The highest BCUT2D eigenvalue weighted by Gasteiger charge is 2.30. The molecule has 0 saturated heterocycles. The van der Waals surface area contributed by atoms with Crippen molar-refractivity contribution in [3.8, 4) is 0 Å². The number of rotatable bonds is 5. The van der Waals surface area contributed by atoms with Crippen molar-refractivity contribution >= 4 is 45.8 Å². The number of anilines is 6. The smallest absolute Gasteiger partial charge is 0.169 e. The van der Waals surface area contributed by atoms with Crippen molar-refractivity contribution in [1.82, 2.24) is 5.32 Å². The van der Waals surface area contributed by atoms with Crippen LogP contribution < -0.4 is 15.1 Å². The molecule has 10 rings (SSSR count). The Labute approximate surface area is 308 Å². The topological polar surface area (TPSA) is 63.5 Å². The molecule has 3 heterocycles. The predicted octanol–water partition coefficient (Wildman–Crippen LogP) is 10.4. The standard InChI is InChI=1S/C47H35N5O/c53-44-38-16-6-10-20-42(38)52(43-21-11-7-17-39(43)44)37-28-24-33(25-29-37)47-49-45(31-12-2-1-3-13-31)48-46(50-47)32-22-26-36(27-23-32)51-40-18-8-4-14-34(40)30-35-15-5-9-19-41(35)51/h1-29,44,46,53H,30H2,(H,48,49,50). The monoisotopic (exact) mass is 685 g/mol. The first-order chi connectivity index (χ1) is 26.2. The molecule has 0 aromatic heterocycles. The number of para-hydroxylation sites is 4. The Kier molecular flexibility index (Phi) is 7.48. The molecule has 3 aliphatic rings. The maximum atomic E-state index is 11.2. The Morgan fingerprint density at radius 1 is 0.453 bits per heavy atom. The molecule has 1 unspecified atom stereocenters. The molecular formula is C47H35N5O. The predicted molar refractivity (Wildman–Crippen MR) is 215 cm³/mol. The molecule has 7 aromatic carbocycles. The molecule has 3 aliphatic heterocycles. The summed E-state index contributed by atoms with van der Waals surface area (Å²) in [6.07, 6.45) is -0.182. The summed E-state index contributed by atoms with van der Waals surface area (Å²) in [6.45, 7) is 0. The van der Waals surface area contributed by atoms with Crippen LogP contribution in [0.25, 0.3) is 0 Å². The van der Waals surface area contributed by atoms with Crippen LogP contribution in [0.1, 0.15) is 51.2 Å². The van der Waals surface area contributed by atoms with Gasteiger partial charge in [-0.05, 0) is 77.4 Å². The minimum Gasteiger partial charge on any atom is -0.383 e. The third-order valence-corrected chi connectivity index (χ3v) is 10.4. The number of amidine groups is 2. The maximum Gasteiger partial charge on any atom is 0.169 e. The average Bonchev–Trinajstić information content (AvgIpc) is 3.23. The number of hydrogen-bond acceptors (Lipinski definition) is 6. The number of nitrogens with zero attached hydrogens (tertiary/aromatic N) is 4. The van der Waals surface area contributed by atoms with Crippen LogP contribution in [0.15, 0.2) is 186 Å². The van der Waals surface area contributed by atoms with Gasteiger partial charge in [0.1, 0.15) is 17.8 Å². The number of benzene rings is 7. The Bertz CT molecular complexity index is 2450. The molecule has 0 amide bonds. The molecule has 53 heavy (non-hydrogen) atoms. The van der Waals surface area contributed by atoms with E-state index in [9.17, 15) is 5.11 Å². The van der Waals surface area contributed by atoms with Gasteiger partial charge in [-0.2, -0.15) is 0 Å². The van der Waals surface area contributed by atoms with E-state index in [2.05, 4.69) is 136 Å². The highest BCUT2D eigenvalue weighted by Crippen LogP contribution is 2.48. The van der Waals surface area contributed by atoms with E-state index in [1.165, 1.54) is 22.5 Å². The second-order valence-corrected chi connectivity index (χ2v) is 13.6. The van der Waals surface area contributed by atoms with Crippen molar-refractivity contribution in [3.63, 3.8) is 0 Å². The molecule has 0 bridgehead atoms. The van der Waals surface area contributed by atoms with Gasteiger partial charge in [-0.15, -0.1) is 0 Å². The van der Waals surface area contributed by atoms with E-state index in [1.807, 2.05) is 54.6 Å². The fraction of sp³-hybridized carbons (Fsp3) is 0.0638. The van der Waals surface area contributed by atoms with E-state index in [0.29, 0.717) is 0 Å². The Hall–Kier alpha value is -6.76. The fourth-order valence-electron chi connectivity index (χ4n) is 7.84. The van der Waals surface area contributed by atoms with E-state index in [4.69, 9.17) is 9.98 Å². The van der Waals surface area contributed by atoms with Crippen LogP contribution in [0.3, 0.4) is 0 Å². The van der Waals surface area contributed by atoms with Gasteiger partial charge in [0, 0.05) is 51.4 Å². The zero-order valence-electron chi connectivity index (χ0n) is 28.8. The largest absolute Gasteiger partial charge is 0.383 e. The van der Waals surface area contributed by atoms with Crippen molar-refractivity contribution < 1.29 is 5.11 Å². The second kappa shape index (κ2) is 12.8. The third-order valence-electron chi connectivity index (χ3n) is 10.4. The van der Waals surface area contributed by atoms with E-state index < -0.39 is 12.3 Å². The van der Waals surface area contributed by atoms with E-state index in [0.717, 1.165) is 68.7 Å². The van der Waals surface area contributed by atoms with Crippen molar-refractivity contribution in [2.24, 2.45) is 9.98 Å². The van der Waals surface area contributed by atoms with Gasteiger partial charge in [-0.1, -0.05) is 115 Å². The van der Waals surface area contributed by atoms with Crippen LogP contribution >= 0.6 is 0 Å². The lowest BCUT2D eigenvalue weighted by molar-refractivity contribution is 0.219. The van der Waals surface area contributed by atoms with Gasteiger partial charge in [-0.3, -0.25) is 0 Å². The molecule has 0 aliphatic carbocycles. The molecule has 0 radical (unpaired) electrons. The molecular weight excluding hydrogens is 651 g/mol. The second-order valence-electron chi connectivity index (χ2n) is 13.6. The SMILES string of the molecule is OC1c2ccccc2N(c2ccc(C3=NC(c4ccc(N5c6ccccc6Cc6ccccc65)cc4)N=C(c4ccccc4)N3)cc2)c2ccccc21. The van der Waals surface area contributed by atoms with Gasteiger partial charge in [-0.25, -0.2) is 9.98 Å². The van der Waals surface area contributed by atoms with Crippen LogP contribution in [0, 0.1) is 0 Å². The lowest BCUT2D eigenvalue weighted by Crippen LogP contribution is -2.36. The lowest BCUT2D eigenvalue weighted by Gasteiger charge is -2.36. The first-order valence-corrected chi connectivity index (χ1v) is 18.0. The molecule has 0 saturated carbocycles. The Balaban J connectivity index is 1.01. The molecule has 6 heteroatoms. The van der Waals surface area contributed by atoms with Gasteiger partial charge in [0.05, 0.1) is 11.4 Å². The number of hydrogen-bond donors (Lipinski definition) is 2. The molecule has 254 valence electrons. The Morgan fingerprint density at radius 3 is 1.45 bits per heavy atom. The quantitative estimate of drug-likeness (QED) is 0.189. The number of fused-ring (bicyclic) bond motifs is 4. The molecule has 2 N–H and O–H groups in total. The highest BCUT2D eigenvalue weighted by atomic mass is 16.3. The molecule has 0 spiro atoms. The summed E-state index contributed by atoms with van der Waals surface area (Å²) in [7, 11) is 0. The number of aliphatic hydroxyl groups is 1. The third kappa shape index (κ3) is 5.39. The Morgan fingerprint density at radius 2 is 0.887 bits per heavy atom. The van der Waals surface area contributed by atoms with Crippen LogP contribution in [-0.4, -0.2) is 16.8 Å². The first-order valence-electron chi connectivity index (χ1n) is 18.0. The zero-order chi connectivity index (χ0) is 35.3. The number of aliphatic imine (C=N–C) groups is 2. The molecule has 1 atom stereocenters. The van der Waals surface area contributed by atoms with Gasteiger partial charge in [0.25, 0.3) is 0 Å². The van der Waals surface area contributed by atoms with Crippen LogP contribution in [0.2, 0.25) is 0 Å². The van der Waals surface area contributed by atoms with Gasteiger partial charge < -0.3 is 20.2 Å². The molecule has 7 aromatic rings. The summed E-state index contributed by atoms with van der Waals surface area (Å²) in [5.41, 5.74) is 13.8. The van der Waals surface area contributed by atoms with Crippen molar-refractivity contribution in [1.29, 1.82) is 0 Å². The summed E-state index contributed by atoms with van der Waals surface area (Å²) >= 11 is 0. The van der Waals surface area contributed by atoms with Gasteiger partial charge in [0.2, 0.25) is 0 Å². The van der Waals surface area contributed by atoms with Crippen molar-refractivity contribution in [2.45, 2.75) is 18.7 Å². The van der Waals surface area contributed by atoms with Crippen molar-refractivity contribution in [2.75, 3.05) is 9.80 Å². The van der Waals surface area contributed by atoms with E-state index in [1.54, 1.807) is 0 Å². The van der Waals surface area contributed by atoms with Gasteiger partial charge in [0.15, 0.2) is 6.17 Å². The fourth-order valence-corrected chi connectivity index (χ4v) is 7.84. The molecule has 0 fully saturated rings. The summed E-state index contributed by atoms with van der Waals surface area (Å²) in [4.78, 5) is 14.9. The molecule has 6 nitrogen and oxygen atoms in total. The number of aliphatic hydroxyl groups excluding tert-OH is 1. The maximum absolute atomic E-state index is 11.2. The first kappa shape index (κ1) is 31.0. The minimum atomic E-state index is -0.674. The van der Waals surface area contributed by atoms with Crippen molar-refractivity contribution in [3.05, 3.63) is 215 Å². The normalized spacial score (nSPS) is 16.0. The summed E-state index contributed by atoms with van der Waals surface area (Å²) < 4.78 is 0. The van der Waals surface area contributed by atoms with E-state index >= 15 is 0 Å². The summed E-state index contributed by atoms with van der Waals surface area (Å²) in [5, 5.41) is 14.8. The minimum absolute atomic E-state index is 0.432. The number of nitrogens with one attached hydrogen (secondary N) is 1.